The summed E-state index contributed by atoms with van der Waals surface area (Å²) < 4.78 is 15.3. The minimum atomic E-state index is -0.272. The maximum Gasteiger partial charge on any atom is 0.385 e. The molecule has 7 nitrogen and oxygen atoms in total. The lowest BCUT2D eigenvalue weighted by molar-refractivity contribution is 0.155. The number of hydrogen-bond acceptors (Lipinski definition) is 4. The van der Waals surface area contributed by atoms with Crippen LogP contribution < -0.4 is 0 Å². The second-order valence-electron chi connectivity index (χ2n) is 4.74. The number of urea groups is 1. The van der Waals surface area contributed by atoms with E-state index in [1.165, 1.54) is 0 Å². The SMILES string of the molecule is [C-]#[N+]N(CC1CO1)C(=O)N(CC1CO1)CC1CO1. The van der Waals surface area contributed by atoms with Gasteiger partial charge >= 0.3 is 6.03 Å². The third kappa shape index (κ3) is 3.10. The van der Waals surface area contributed by atoms with Crippen molar-refractivity contribution in [3.63, 3.8) is 0 Å². The Labute approximate surface area is 105 Å². The zero-order valence-corrected chi connectivity index (χ0v) is 9.95. The minimum absolute atomic E-state index is 0.0271. The topological polar surface area (TPSA) is 65.5 Å². The maximum absolute atomic E-state index is 12.2. The summed E-state index contributed by atoms with van der Waals surface area (Å²) in [5.74, 6) is 0. The van der Waals surface area contributed by atoms with Gasteiger partial charge in [-0.15, -0.1) is 0 Å². The van der Waals surface area contributed by atoms with E-state index in [-0.39, 0.29) is 24.3 Å². The monoisotopic (exact) mass is 253 g/mol. The molecule has 3 unspecified atom stereocenters. The summed E-state index contributed by atoms with van der Waals surface area (Å²) in [4.78, 5) is 17.2. The number of carbonyl (C=O) groups is 1. The maximum atomic E-state index is 12.2. The first-order valence-electron chi connectivity index (χ1n) is 6.05. The summed E-state index contributed by atoms with van der Waals surface area (Å²) in [5.41, 5.74) is 0. The van der Waals surface area contributed by atoms with Crippen LogP contribution in [-0.4, -0.2) is 73.7 Å². The molecule has 0 aromatic heterocycles. The fraction of sp³-hybridized carbons (Fsp3) is 0.818. The molecule has 0 radical (unpaired) electrons. The van der Waals surface area contributed by atoms with E-state index in [4.69, 9.17) is 20.8 Å². The van der Waals surface area contributed by atoms with Crippen LogP contribution in [0.3, 0.4) is 0 Å². The Bertz CT molecular complexity index is 357. The van der Waals surface area contributed by atoms with Gasteiger partial charge in [-0.3, -0.25) is 0 Å². The molecular formula is C11H15N3O4. The quantitative estimate of drug-likeness (QED) is 0.372. The highest BCUT2D eigenvalue weighted by atomic mass is 16.6. The van der Waals surface area contributed by atoms with Crippen LogP contribution in [0, 0.1) is 6.57 Å². The van der Waals surface area contributed by atoms with Crippen LogP contribution in [-0.2, 0) is 14.2 Å². The van der Waals surface area contributed by atoms with Crippen LogP contribution in [0.25, 0.3) is 4.95 Å². The van der Waals surface area contributed by atoms with Gasteiger partial charge in [0.2, 0.25) is 0 Å². The molecule has 0 aliphatic carbocycles. The lowest BCUT2D eigenvalue weighted by Crippen LogP contribution is -2.44. The second kappa shape index (κ2) is 4.72. The lowest BCUT2D eigenvalue weighted by atomic mass is 10.3. The normalized spacial score (nSPS) is 31.4. The van der Waals surface area contributed by atoms with Crippen LogP contribution in [0.1, 0.15) is 0 Å². The lowest BCUT2D eigenvalue weighted by Gasteiger charge is -2.21. The fourth-order valence-electron chi connectivity index (χ4n) is 1.76. The van der Waals surface area contributed by atoms with Gasteiger partial charge in [0.1, 0.15) is 12.6 Å². The van der Waals surface area contributed by atoms with Gasteiger partial charge in [0.05, 0.1) is 45.1 Å². The highest BCUT2D eigenvalue weighted by Gasteiger charge is 2.38. The second-order valence-corrected chi connectivity index (χ2v) is 4.74. The predicted octanol–water partition coefficient (Wildman–Crippen LogP) is -0.259. The van der Waals surface area contributed by atoms with Crippen LogP contribution >= 0.6 is 0 Å². The molecule has 2 amide bonds. The number of amides is 2. The molecule has 0 bridgehead atoms. The number of carbonyl (C=O) groups excluding carboxylic acids is 1. The van der Waals surface area contributed by atoms with E-state index in [0.29, 0.717) is 39.5 Å². The van der Waals surface area contributed by atoms with E-state index in [1.807, 2.05) is 0 Å². The summed E-state index contributed by atoms with van der Waals surface area (Å²) in [7, 11) is 0. The zero-order chi connectivity index (χ0) is 12.5. The molecule has 3 fully saturated rings. The number of hydrogen-bond donors (Lipinski definition) is 0. The van der Waals surface area contributed by atoms with E-state index in [2.05, 4.69) is 4.95 Å². The number of epoxide rings is 3. The molecule has 3 aliphatic heterocycles. The highest BCUT2D eigenvalue weighted by Crippen LogP contribution is 2.19. The Kier molecular flexibility index (Phi) is 3.07. The van der Waals surface area contributed by atoms with Gasteiger partial charge in [-0.1, -0.05) is 0 Å². The predicted molar refractivity (Wildman–Crippen MR) is 59.5 cm³/mol. The summed E-state index contributed by atoms with van der Waals surface area (Å²) in [6.07, 6.45) is 0.272. The van der Waals surface area contributed by atoms with Gasteiger partial charge in [-0.2, -0.15) is 11.5 Å². The van der Waals surface area contributed by atoms with Gasteiger partial charge in [0.25, 0.3) is 0 Å². The minimum Gasteiger partial charge on any atom is -0.371 e. The van der Waals surface area contributed by atoms with Gasteiger partial charge in [0.15, 0.2) is 0 Å². The average molecular weight is 253 g/mol. The first kappa shape index (κ1) is 11.7. The van der Waals surface area contributed by atoms with Crippen molar-refractivity contribution in [3.8, 4) is 0 Å². The Morgan fingerprint density at radius 2 is 1.50 bits per heavy atom. The first-order chi connectivity index (χ1) is 8.76. The standard InChI is InChI=1S/C11H15N3O4/c1-12-14(4-10-7-18-10)11(15)13(2-8-5-16-8)3-9-6-17-9/h8-10H,2-7H2. The molecule has 3 saturated heterocycles. The number of rotatable bonds is 6. The van der Waals surface area contributed by atoms with E-state index in [9.17, 15) is 4.79 Å². The highest BCUT2D eigenvalue weighted by molar-refractivity contribution is 5.75. The Morgan fingerprint density at radius 3 is 1.89 bits per heavy atom. The largest absolute Gasteiger partial charge is 0.385 e. The van der Waals surface area contributed by atoms with Crippen LogP contribution in [0.2, 0.25) is 0 Å². The van der Waals surface area contributed by atoms with Crippen molar-refractivity contribution < 1.29 is 19.0 Å². The van der Waals surface area contributed by atoms with Gasteiger partial charge in [-0.25, -0.2) is 4.79 Å². The van der Waals surface area contributed by atoms with Crippen molar-refractivity contribution in [2.45, 2.75) is 18.3 Å². The molecule has 0 spiro atoms. The smallest absolute Gasteiger partial charge is 0.371 e. The van der Waals surface area contributed by atoms with E-state index >= 15 is 0 Å². The van der Waals surface area contributed by atoms with Crippen molar-refractivity contribution in [2.24, 2.45) is 0 Å². The van der Waals surface area contributed by atoms with Crippen molar-refractivity contribution in [1.29, 1.82) is 0 Å². The summed E-state index contributed by atoms with van der Waals surface area (Å²) >= 11 is 0. The molecule has 7 heteroatoms. The van der Waals surface area contributed by atoms with Crippen LogP contribution in [0.4, 0.5) is 4.79 Å². The summed E-state index contributed by atoms with van der Waals surface area (Å²) in [6.45, 7) is 10.5. The summed E-state index contributed by atoms with van der Waals surface area (Å²) in [6, 6.07) is -0.272. The molecule has 98 valence electrons. The zero-order valence-electron chi connectivity index (χ0n) is 9.95. The third-order valence-electron chi connectivity index (χ3n) is 3.04. The third-order valence-corrected chi connectivity index (χ3v) is 3.04. The first-order valence-corrected chi connectivity index (χ1v) is 6.05. The number of ether oxygens (including phenoxy) is 3. The molecule has 3 heterocycles. The van der Waals surface area contributed by atoms with E-state index in [1.54, 1.807) is 4.90 Å². The average Bonchev–Trinajstić information content (AvgIpc) is 3.21. The molecule has 18 heavy (non-hydrogen) atoms. The van der Waals surface area contributed by atoms with Gasteiger partial charge in [-0.05, 0) is 5.01 Å². The van der Waals surface area contributed by atoms with Crippen molar-refractivity contribution in [2.75, 3.05) is 39.5 Å². The Hall–Kier alpha value is -1.36. The van der Waals surface area contributed by atoms with Crippen LogP contribution in [0.5, 0.6) is 0 Å². The molecule has 0 N–H and O–H groups in total. The van der Waals surface area contributed by atoms with Crippen LogP contribution in [0.15, 0.2) is 0 Å². The molecule has 0 aromatic carbocycles. The fourth-order valence-corrected chi connectivity index (χ4v) is 1.76. The Balaban J connectivity index is 1.58. The molecule has 0 saturated carbocycles. The molecular weight excluding hydrogens is 238 g/mol. The Morgan fingerprint density at radius 1 is 1.06 bits per heavy atom. The van der Waals surface area contributed by atoms with E-state index < -0.39 is 0 Å². The number of nitrogens with zero attached hydrogens (tertiary/aromatic N) is 3. The van der Waals surface area contributed by atoms with Gasteiger partial charge in [0, 0.05) is 0 Å². The van der Waals surface area contributed by atoms with E-state index in [0.717, 1.165) is 5.01 Å². The van der Waals surface area contributed by atoms with Crippen molar-refractivity contribution in [1.82, 2.24) is 9.91 Å². The molecule has 3 atom stereocenters. The van der Waals surface area contributed by atoms with Crippen molar-refractivity contribution >= 4 is 6.03 Å². The van der Waals surface area contributed by atoms with Gasteiger partial charge < -0.3 is 19.1 Å². The van der Waals surface area contributed by atoms with Crippen molar-refractivity contribution in [3.05, 3.63) is 11.5 Å². The summed E-state index contributed by atoms with van der Waals surface area (Å²) in [5, 5.41) is 1.14. The molecule has 3 aliphatic rings. The molecule has 3 rings (SSSR count). The molecule has 0 aromatic rings.